The van der Waals surface area contributed by atoms with Crippen LogP contribution in [0.1, 0.15) is 45.6 Å². The summed E-state index contributed by atoms with van der Waals surface area (Å²) in [6.45, 7) is 6.66. The zero-order chi connectivity index (χ0) is 21.3. The number of carbonyl (C=O) groups excluding carboxylic acids is 2. The summed E-state index contributed by atoms with van der Waals surface area (Å²) < 4.78 is 5.21. The van der Waals surface area contributed by atoms with Crippen LogP contribution in [0.5, 0.6) is 0 Å². The number of unbranched alkanes of at least 4 members (excludes halogenated alkanes) is 1. The number of likely N-dealkylation sites (N-methyl/N-ethyl adjacent to an activating group) is 1. The number of fused-ring (bicyclic) bond motifs is 1. The molecule has 0 radical (unpaired) electrons. The fourth-order valence-corrected chi connectivity index (χ4v) is 3.07. The van der Waals surface area contributed by atoms with Gasteiger partial charge in [-0.25, -0.2) is 4.79 Å². The van der Waals surface area contributed by atoms with Crippen molar-refractivity contribution in [1.29, 1.82) is 0 Å². The third kappa shape index (κ3) is 8.11. The Morgan fingerprint density at radius 3 is 2.45 bits per heavy atom. The fraction of sp³-hybridized carbons (Fsp3) is 0.478. The maximum absolute atomic E-state index is 12.2. The van der Waals surface area contributed by atoms with Gasteiger partial charge in [-0.1, -0.05) is 36.4 Å². The third-order valence-corrected chi connectivity index (χ3v) is 4.52. The number of carbonyl (C=O) groups is 2. The molecule has 2 aromatic carbocycles. The van der Waals surface area contributed by atoms with Crippen LogP contribution in [0.15, 0.2) is 42.5 Å². The van der Waals surface area contributed by atoms with Crippen molar-refractivity contribution in [3.05, 3.63) is 48.0 Å². The van der Waals surface area contributed by atoms with E-state index in [1.165, 1.54) is 10.8 Å². The van der Waals surface area contributed by atoms with Gasteiger partial charge in [-0.2, -0.15) is 0 Å². The molecule has 0 saturated carbocycles. The second kappa shape index (κ2) is 10.8. The number of alkyl carbamates (subject to hydrolysis) is 1. The Morgan fingerprint density at radius 2 is 1.76 bits per heavy atom. The molecular formula is C23H33N3O3. The first-order valence-electron chi connectivity index (χ1n) is 10.2. The predicted molar refractivity (Wildman–Crippen MR) is 117 cm³/mol. The molecule has 2 aromatic rings. The molecule has 6 heteroatoms. The Labute approximate surface area is 173 Å². The zero-order valence-electron chi connectivity index (χ0n) is 17.9. The molecule has 29 heavy (non-hydrogen) atoms. The maximum atomic E-state index is 12.2. The van der Waals surface area contributed by atoms with Gasteiger partial charge in [0.05, 0.1) is 6.04 Å². The van der Waals surface area contributed by atoms with E-state index >= 15 is 0 Å². The average Bonchev–Trinajstić information content (AvgIpc) is 2.68. The van der Waals surface area contributed by atoms with Crippen LogP contribution in [-0.2, 0) is 16.1 Å². The van der Waals surface area contributed by atoms with E-state index < -0.39 is 11.7 Å². The first-order valence-corrected chi connectivity index (χ1v) is 10.2. The summed E-state index contributed by atoms with van der Waals surface area (Å²) in [6, 6.07) is 14.3. The second-order valence-corrected chi connectivity index (χ2v) is 8.15. The van der Waals surface area contributed by atoms with Crippen molar-refractivity contribution in [3.8, 4) is 0 Å². The molecule has 0 spiro atoms. The molecule has 2 rings (SSSR count). The first kappa shape index (κ1) is 22.7. The number of hydrogen-bond acceptors (Lipinski definition) is 4. The van der Waals surface area contributed by atoms with E-state index in [1.54, 1.807) is 7.05 Å². The highest BCUT2D eigenvalue weighted by atomic mass is 16.6. The van der Waals surface area contributed by atoms with E-state index in [1.807, 2.05) is 32.9 Å². The average molecular weight is 400 g/mol. The number of hydrogen-bond donors (Lipinski definition) is 3. The van der Waals surface area contributed by atoms with Gasteiger partial charge >= 0.3 is 6.09 Å². The van der Waals surface area contributed by atoms with Crippen LogP contribution < -0.4 is 16.0 Å². The standard InChI is InChI=1S/C23H33N3O3/c1-23(2,3)29-22(28)25-14-8-7-11-20(21(27)24-4)26-16-17-12-13-18-9-5-6-10-19(18)15-17/h5-6,9-10,12-13,15,20,26H,7-8,11,14,16H2,1-4H3,(H,24,27)(H,25,28)/t20-/m0/s1. The van der Waals surface area contributed by atoms with E-state index in [4.69, 9.17) is 4.74 Å². The van der Waals surface area contributed by atoms with Crippen molar-refractivity contribution < 1.29 is 14.3 Å². The maximum Gasteiger partial charge on any atom is 0.407 e. The third-order valence-electron chi connectivity index (χ3n) is 4.52. The van der Waals surface area contributed by atoms with E-state index in [9.17, 15) is 9.59 Å². The lowest BCUT2D eigenvalue weighted by Gasteiger charge is -2.20. The number of rotatable bonds is 9. The summed E-state index contributed by atoms with van der Waals surface area (Å²) in [5.41, 5.74) is 0.644. The van der Waals surface area contributed by atoms with Gasteiger partial charge in [0.2, 0.25) is 5.91 Å². The van der Waals surface area contributed by atoms with Crippen LogP contribution >= 0.6 is 0 Å². The van der Waals surface area contributed by atoms with Crippen LogP contribution in [0.4, 0.5) is 4.79 Å². The molecule has 0 bridgehead atoms. The zero-order valence-corrected chi connectivity index (χ0v) is 17.9. The summed E-state index contributed by atoms with van der Waals surface area (Å²) in [7, 11) is 1.65. The van der Waals surface area contributed by atoms with Crippen LogP contribution in [0.25, 0.3) is 10.8 Å². The molecule has 0 unspecified atom stereocenters. The smallest absolute Gasteiger partial charge is 0.407 e. The number of benzene rings is 2. The Bertz CT molecular complexity index is 814. The fourth-order valence-electron chi connectivity index (χ4n) is 3.07. The lowest BCUT2D eigenvalue weighted by atomic mass is 10.1. The van der Waals surface area contributed by atoms with Crippen molar-refractivity contribution in [2.24, 2.45) is 0 Å². The summed E-state index contributed by atoms with van der Waals surface area (Å²) >= 11 is 0. The minimum absolute atomic E-state index is 0.0223. The molecule has 0 saturated heterocycles. The second-order valence-electron chi connectivity index (χ2n) is 8.15. The van der Waals surface area contributed by atoms with Gasteiger partial charge in [-0.05, 0) is 62.4 Å². The molecule has 1 atom stereocenters. The highest BCUT2D eigenvalue weighted by molar-refractivity contribution is 5.83. The molecule has 0 aromatic heterocycles. The molecule has 0 fully saturated rings. The van der Waals surface area contributed by atoms with Crippen molar-refractivity contribution >= 4 is 22.8 Å². The topological polar surface area (TPSA) is 79.5 Å². The Kier molecular flexibility index (Phi) is 8.46. The van der Waals surface area contributed by atoms with Gasteiger partial charge in [0.1, 0.15) is 5.60 Å². The molecule has 0 aliphatic carbocycles. The minimum atomic E-state index is -0.499. The number of ether oxygens (including phenoxy) is 1. The molecule has 3 N–H and O–H groups in total. The molecule has 0 aliphatic heterocycles. The van der Waals surface area contributed by atoms with Gasteiger partial charge in [0.15, 0.2) is 0 Å². The van der Waals surface area contributed by atoms with Crippen molar-refractivity contribution in [1.82, 2.24) is 16.0 Å². The predicted octanol–water partition coefficient (Wildman–Crippen LogP) is 3.74. The van der Waals surface area contributed by atoms with Crippen molar-refractivity contribution in [2.45, 2.75) is 58.2 Å². The summed E-state index contributed by atoms with van der Waals surface area (Å²) in [5, 5.41) is 11.2. The Balaban J connectivity index is 1.78. The minimum Gasteiger partial charge on any atom is -0.444 e. The Hall–Kier alpha value is -2.60. The molecule has 0 aliphatic rings. The van der Waals surface area contributed by atoms with Crippen LogP contribution in [0, 0.1) is 0 Å². The van der Waals surface area contributed by atoms with Crippen molar-refractivity contribution in [2.75, 3.05) is 13.6 Å². The summed E-state index contributed by atoms with van der Waals surface area (Å²) in [4.78, 5) is 23.9. The molecule has 0 heterocycles. The number of amides is 2. The molecule has 158 valence electrons. The van der Waals surface area contributed by atoms with Crippen LogP contribution in [0.2, 0.25) is 0 Å². The molecular weight excluding hydrogens is 366 g/mol. The Morgan fingerprint density at radius 1 is 1.03 bits per heavy atom. The van der Waals surface area contributed by atoms with Gasteiger partial charge in [-0.15, -0.1) is 0 Å². The van der Waals surface area contributed by atoms with E-state index in [-0.39, 0.29) is 11.9 Å². The highest BCUT2D eigenvalue weighted by Gasteiger charge is 2.17. The highest BCUT2D eigenvalue weighted by Crippen LogP contribution is 2.16. The molecule has 6 nitrogen and oxygen atoms in total. The summed E-state index contributed by atoms with van der Waals surface area (Å²) in [5.74, 6) is -0.0223. The van der Waals surface area contributed by atoms with Crippen LogP contribution in [-0.4, -0.2) is 37.2 Å². The SMILES string of the molecule is CNC(=O)[C@H](CCCCNC(=O)OC(C)(C)C)NCc1ccc2ccccc2c1. The van der Waals surface area contributed by atoms with Gasteiger partial charge in [0.25, 0.3) is 0 Å². The lowest BCUT2D eigenvalue weighted by molar-refractivity contribution is -0.122. The van der Waals surface area contributed by atoms with E-state index in [0.29, 0.717) is 19.5 Å². The molecule has 2 amide bonds. The normalized spacial score (nSPS) is 12.4. The summed E-state index contributed by atoms with van der Waals surface area (Å²) in [6.07, 6.45) is 1.89. The monoisotopic (exact) mass is 399 g/mol. The van der Waals surface area contributed by atoms with E-state index in [0.717, 1.165) is 18.4 Å². The largest absolute Gasteiger partial charge is 0.444 e. The van der Waals surface area contributed by atoms with Gasteiger partial charge in [0, 0.05) is 20.1 Å². The number of nitrogens with one attached hydrogen (secondary N) is 3. The van der Waals surface area contributed by atoms with E-state index in [2.05, 4.69) is 46.3 Å². The first-order chi connectivity index (χ1) is 13.8. The van der Waals surface area contributed by atoms with Crippen LogP contribution in [0.3, 0.4) is 0 Å². The van der Waals surface area contributed by atoms with Gasteiger partial charge < -0.3 is 20.7 Å². The quantitative estimate of drug-likeness (QED) is 0.561. The van der Waals surface area contributed by atoms with Gasteiger partial charge in [-0.3, -0.25) is 4.79 Å². The lowest BCUT2D eigenvalue weighted by Crippen LogP contribution is -2.42. The van der Waals surface area contributed by atoms with Crippen molar-refractivity contribution in [3.63, 3.8) is 0 Å².